The van der Waals surface area contributed by atoms with Gasteiger partial charge in [-0.05, 0) is 12.8 Å². The molecule has 3 nitrogen and oxygen atoms in total. The van der Waals surface area contributed by atoms with Crippen LogP contribution in [0.5, 0.6) is 0 Å². The highest BCUT2D eigenvalue weighted by molar-refractivity contribution is 5.11. The second kappa shape index (κ2) is 3.60. The van der Waals surface area contributed by atoms with Crippen molar-refractivity contribution >= 4 is 0 Å². The van der Waals surface area contributed by atoms with E-state index in [1.807, 2.05) is 6.07 Å². The van der Waals surface area contributed by atoms with Crippen molar-refractivity contribution in [3.63, 3.8) is 0 Å². The van der Waals surface area contributed by atoms with Crippen LogP contribution >= 0.6 is 0 Å². The Kier molecular flexibility index (Phi) is 2.63. The first-order valence-corrected chi connectivity index (χ1v) is 5.29. The van der Waals surface area contributed by atoms with Crippen LogP contribution < -0.4 is 0 Å². The highest BCUT2D eigenvalue weighted by Gasteiger charge is 2.50. The maximum atomic E-state index is 12.3. The number of nitriles is 1. The molecule has 2 aliphatic rings. The molecule has 2 bridgehead atoms. The summed E-state index contributed by atoms with van der Waals surface area (Å²) < 4.78 is 37.0. The molecule has 0 aromatic rings. The van der Waals surface area contributed by atoms with Crippen LogP contribution in [0.15, 0.2) is 0 Å². The number of hydrogen-bond acceptors (Lipinski definition) is 3. The van der Waals surface area contributed by atoms with Crippen LogP contribution in [-0.4, -0.2) is 40.4 Å². The minimum atomic E-state index is -4.21. The molecule has 1 N–H and O–H groups in total. The number of rotatable bonds is 1. The van der Waals surface area contributed by atoms with E-state index in [0.717, 1.165) is 0 Å². The first-order valence-electron chi connectivity index (χ1n) is 5.29. The maximum absolute atomic E-state index is 12.3. The van der Waals surface area contributed by atoms with E-state index in [1.165, 1.54) is 4.90 Å². The topological polar surface area (TPSA) is 47.3 Å². The summed E-state index contributed by atoms with van der Waals surface area (Å²) in [5.41, 5.74) is -1.42. The summed E-state index contributed by atoms with van der Waals surface area (Å²) in [4.78, 5) is 1.39. The van der Waals surface area contributed by atoms with Crippen LogP contribution in [0.3, 0.4) is 0 Å². The zero-order valence-corrected chi connectivity index (χ0v) is 8.67. The van der Waals surface area contributed by atoms with Gasteiger partial charge in [-0.1, -0.05) is 0 Å². The first kappa shape index (κ1) is 11.7. The summed E-state index contributed by atoms with van der Waals surface area (Å²) in [7, 11) is 0. The molecule has 2 saturated heterocycles. The molecule has 0 aromatic heterocycles. The quantitative estimate of drug-likeness (QED) is 0.698. The zero-order chi connectivity index (χ0) is 12.0. The molecular formula is C10H13F3N2O. The molecule has 2 aliphatic heterocycles. The van der Waals surface area contributed by atoms with Gasteiger partial charge < -0.3 is 5.11 Å². The zero-order valence-electron chi connectivity index (χ0n) is 8.67. The molecule has 6 heteroatoms. The van der Waals surface area contributed by atoms with Crippen LogP contribution in [0.2, 0.25) is 0 Å². The maximum Gasteiger partial charge on any atom is 0.401 e. The Bertz CT molecular complexity index is 309. The van der Waals surface area contributed by atoms with Crippen LogP contribution in [-0.2, 0) is 0 Å². The van der Waals surface area contributed by atoms with Crippen molar-refractivity contribution in [1.29, 1.82) is 5.26 Å². The average molecular weight is 234 g/mol. The molecule has 2 fully saturated rings. The van der Waals surface area contributed by atoms with Gasteiger partial charge in [0, 0.05) is 24.9 Å². The van der Waals surface area contributed by atoms with Crippen LogP contribution in [0.4, 0.5) is 13.2 Å². The van der Waals surface area contributed by atoms with Crippen molar-refractivity contribution in [1.82, 2.24) is 4.90 Å². The van der Waals surface area contributed by atoms with Gasteiger partial charge in [0.2, 0.25) is 0 Å². The Morgan fingerprint density at radius 3 is 2.19 bits per heavy atom. The van der Waals surface area contributed by atoms with Crippen molar-refractivity contribution < 1.29 is 18.3 Å². The molecule has 0 amide bonds. The van der Waals surface area contributed by atoms with Crippen LogP contribution in [0.1, 0.15) is 25.7 Å². The molecule has 3 atom stereocenters. The molecular weight excluding hydrogens is 221 g/mol. The lowest BCUT2D eigenvalue weighted by Crippen LogP contribution is -2.52. The van der Waals surface area contributed by atoms with Crippen molar-refractivity contribution in [3.05, 3.63) is 0 Å². The molecule has 2 rings (SSSR count). The summed E-state index contributed by atoms with van der Waals surface area (Å²) in [5, 5.41) is 18.6. The number of aliphatic hydroxyl groups is 1. The number of alkyl halides is 3. The van der Waals surface area contributed by atoms with E-state index in [1.54, 1.807) is 0 Å². The van der Waals surface area contributed by atoms with E-state index in [4.69, 9.17) is 5.26 Å². The Balaban J connectivity index is 2.09. The fraction of sp³-hybridized carbons (Fsp3) is 0.900. The van der Waals surface area contributed by atoms with E-state index in [9.17, 15) is 18.3 Å². The summed E-state index contributed by atoms with van der Waals surface area (Å²) in [6.45, 7) is -0.927. The van der Waals surface area contributed by atoms with Crippen LogP contribution in [0.25, 0.3) is 0 Å². The first-order chi connectivity index (χ1) is 7.33. The van der Waals surface area contributed by atoms with Crippen molar-refractivity contribution in [2.24, 2.45) is 0 Å². The van der Waals surface area contributed by atoms with E-state index in [0.29, 0.717) is 12.8 Å². The van der Waals surface area contributed by atoms with Gasteiger partial charge in [-0.25, -0.2) is 0 Å². The van der Waals surface area contributed by atoms with Crippen molar-refractivity contribution in [2.45, 2.75) is 49.5 Å². The molecule has 0 spiro atoms. The van der Waals surface area contributed by atoms with Gasteiger partial charge in [0.1, 0.15) is 0 Å². The third kappa shape index (κ3) is 2.15. The lowest BCUT2D eigenvalue weighted by atomic mass is 9.87. The fourth-order valence-electron chi connectivity index (χ4n) is 2.87. The van der Waals surface area contributed by atoms with Crippen molar-refractivity contribution in [2.75, 3.05) is 6.54 Å². The summed E-state index contributed by atoms with van der Waals surface area (Å²) in [6.07, 6.45) is -2.65. The number of fused-ring (bicyclic) bond motifs is 2. The predicted octanol–water partition coefficient (Wildman–Crippen LogP) is 1.43. The van der Waals surface area contributed by atoms with E-state index >= 15 is 0 Å². The smallest absolute Gasteiger partial charge is 0.375 e. The highest BCUT2D eigenvalue weighted by atomic mass is 19.4. The van der Waals surface area contributed by atoms with Gasteiger partial charge in [-0.3, -0.25) is 4.90 Å². The average Bonchev–Trinajstić information content (AvgIpc) is 2.42. The SMILES string of the molecule is N#C[C@]1(O)C[C@H]2CC[C@@H](C1)N2CC(F)(F)F. The Labute approximate surface area is 91.5 Å². The van der Waals surface area contributed by atoms with Gasteiger partial charge in [0.05, 0.1) is 12.6 Å². The van der Waals surface area contributed by atoms with Crippen LogP contribution in [0, 0.1) is 11.3 Å². The predicted molar refractivity (Wildman–Crippen MR) is 49.4 cm³/mol. The van der Waals surface area contributed by atoms with E-state index in [2.05, 4.69) is 0 Å². The third-order valence-corrected chi connectivity index (χ3v) is 3.49. The standard InChI is InChI=1S/C10H13F3N2O/c11-10(12,13)6-15-7-1-2-8(15)4-9(16,3-7)5-14/h7-8,16H,1-4,6H2/t7-,8+,9+. The van der Waals surface area contributed by atoms with Gasteiger partial charge >= 0.3 is 6.18 Å². The molecule has 16 heavy (non-hydrogen) atoms. The monoisotopic (exact) mass is 234 g/mol. The molecule has 0 radical (unpaired) electrons. The fourth-order valence-corrected chi connectivity index (χ4v) is 2.87. The van der Waals surface area contributed by atoms with Crippen molar-refractivity contribution in [3.8, 4) is 6.07 Å². The Hall–Kier alpha value is -0.800. The molecule has 2 heterocycles. The molecule has 0 saturated carbocycles. The summed E-state index contributed by atoms with van der Waals surface area (Å²) in [6, 6.07) is 1.21. The Morgan fingerprint density at radius 2 is 1.81 bits per heavy atom. The number of piperidine rings is 1. The van der Waals surface area contributed by atoms with Gasteiger partial charge in [-0.2, -0.15) is 18.4 Å². The van der Waals surface area contributed by atoms with Gasteiger partial charge in [0.25, 0.3) is 0 Å². The number of hydrogen-bond donors (Lipinski definition) is 1. The molecule has 0 unspecified atom stereocenters. The second-order valence-corrected chi connectivity index (χ2v) is 4.72. The molecule has 90 valence electrons. The third-order valence-electron chi connectivity index (χ3n) is 3.49. The largest absolute Gasteiger partial charge is 0.401 e. The summed E-state index contributed by atoms with van der Waals surface area (Å²) >= 11 is 0. The second-order valence-electron chi connectivity index (χ2n) is 4.72. The minimum absolute atomic E-state index is 0.135. The molecule has 0 aromatic carbocycles. The normalized spacial score (nSPS) is 39.7. The summed E-state index contributed by atoms with van der Waals surface area (Å²) in [5.74, 6) is 0. The van der Waals surface area contributed by atoms with E-state index in [-0.39, 0.29) is 24.9 Å². The number of halogens is 3. The van der Waals surface area contributed by atoms with Gasteiger partial charge in [-0.15, -0.1) is 0 Å². The number of nitrogens with zero attached hydrogens (tertiary/aromatic N) is 2. The lowest BCUT2D eigenvalue weighted by molar-refractivity contribution is -0.161. The Morgan fingerprint density at radius 1 is 1.31 bits per heavy atom. The van der Waals surface area contributed by atoms with Gasteiger partial charge in [0.15, 0.2) is 5.60 Å². The highest BCUT2D eigenvalue weighted by Crippen LogP contribution is 2.41. The minimum Gasteiger partial charge on any atom is -0.375 e. The molecule has 0 aliphatic carbocycles. The lowest BCUT2D eigenvalue weighted by Gasteiger charge is -2.40. The van der Waals surface area contributed by atoms with E-state index < -0.39 is 18.3 Å².